The Hall–Kier alpha value is -2.40. The van der Waals surface area contributed by atoms with Gasteiger partial charge in [0.05, 0.1) is 12.3 Å². The second kappa shape index (κ2) is 8.54. The molecule has 1 amide bonds. The zero-order valence-electron chi connectivity index (χ0n) is 16.6. The third-order valence-electron chi connectivity index (χ3n) is 6.03. The average Bonchev–Trinajstić information content (AvgIpc) is 2.73. The lowest BCUT2D eigenvalue weighted by atomic mass is 9.73. The number of Topliss-reactive ketones (excluding diaryl/α,β-unsaturated/α-hetero) is 1. The molecule has 0 bridgehead atoms. The molecule has 2 aromatic rings. The molecule has 1 aromatic carbocycles. The number of aryl methyl sites for hydroxylation is 1. The summed E-state index contributed by atoms with van der Waals surface area (Å²) in [6, 6.07) is 9.67. The Morgan fingerprint density at radius 2 is 2.03 bits per heavy atom. The van der Waals surface area contributed by atoms with Crippen LogP contribution in [0.3, 0.4) is 0 Å². The molecule has 29 heavy (non-hydrogen) atoms. The molecule has 1 fully saturated rings. The van der Waals surface area contributed by atoms with Crippen molar-refractivity contribution in [2.75, 3.05) is 19.7 Å². The molecule has 1 atom stereocenters. The monoisotopic (exact) mass is 412 g/mol. The normalized spacial score (nSPS) is 19.7. The Bertz CT molecular complexity index is 922. The zero-order valence-corrected chi connectivity index (χ0v) is 17.3. The van der Waals surface area contributed by atoms with Crippen molar-refractivity contribution in [1.29, 1.82) is 0 Å². The molecule has 1 aliphatic carbocycles. The van der Waals surface area contributed by atoms with Gasteiger partial charge in [-0.3, -0.25) is 9.78 Å². The van der Waals surface area contributed by atoms with Crippen molar-refractivity contribution < 1.29 is 14.3 Å². The summed E-state index contributed by atoms with van der Waals surface area (Å²) in [6.45, 7) is 3.51. The van der Waals surface area contributed by atoms with Crippen molar-refractivity contribution in [2.45, 2.75) is 38.5 Å². The molecule has 2 heterocycles. The molecule has 4 rings (SSSR count). The lowest BCUT2D eigenvalue weighted by Crippen LogP contribution is -2.40. The Kier molecular flexibility index (Phi) is 5.86. The average molecular weight is 413 g/mol. The van der Waals surface area contributed by atoms with Gasteiger partial charge >= 0.3 is 6.09 Å². The maximum Gasteiger partial charge on any atom is 0.409 e. The van der Waals surface area contributed by atoms with Gasteiger partial charge in [0.1, 0.15) is 0 Å². The molecular weight excluding hydrogens is 388 g/mol. The Morgan fingerprint density at radius 1 is 1.24 bits per heavy atom. The maximum atomic E-state index is 12.9. The molecule has 0 radical (unpaired) electrons. The van der Waals surface area contributed by atoms with Crippen LogP contribution in [-0.2, 0) is 11.2 Å². The van der Waals surface area contributed by atoms with Gasteiger partial charge in [-0.05, 0) is 61.4 Å². The second-order valence-corrected chi connectivity index (χ2v) is 8.14. The number of hydrogen-bond acceptors (Lipinski definition) is 4. The standard InChI is InChI=1S/C23H25ClN2O3/c1-2-29-23(28)26-12-9-15(10-13-26)21-18-7-6-17(24)14-19(18)20(27)8-5-16-4-3-11-25-22(16)21/h3-4,6-7,11,14-15,21H,2,5,8-10,12-13H2,1H3. The van der Waals surface area contributed by atoms with Gasteiger partial charge in [0.2, 0.25) is 0 Å². The summed E-state index contributed by atoms with van der Waals surface area (Å²) in [5.74, 6) is 0.443. The van der Waals surface area contributed by atoms with Crippen LogP contribution < -0.4 is 0 Å². The number of aromatic nitrogens is 1. The van der Waals surface area contributed by atoms with Gasteiger partial charge in [-0.15, -0.1) is 0 Å². The minimum Gasteiger partial charge on any atom is -0.450 e. The number of hydrogen-bond donors (Lipinski definition) is 0. The molecular formula is C23H25ClN2O3. The molecule has 0 saturated carbocycles. The molecule has 5 nitrogen and oxygen atoms in total. The Morgan fingerprint density at radius 3 is 2.79 bits per heavy atom. The van der Waals surface area contributed by atoms with Crippen LogP contribution in [0, 0.1) is 5.92 Å². The molecule has 6 heteroatoms. The van der Waals surface area contributed by atoms with Gasteiger partial charge in [0.15, 0.2) is 5.78 Å². The van der Waals surface area contributed by atoms with Crippen LogP contribution >= 0.6 is 11.6 Å². The van der Waals surface area contributed by atoms with E-state index in [1.165, 1.54) is 0 Å². The fourth-order valence-electron chi connectivity index (χ4n) is 4.62. The molecule has 1 unspecified atom stereocenters. The molecule has 1 saturated heterocycles. The number of likely N-dealkylation sites (tertiary alicyclic amines) is 1. The van der Waals surface area contributed by atoms with Crippen LogP contribution in [0.4, 0.5) is 4.79 Å². The molecule has 1 aromatic heterocycles. The third-order valence-corrected chi connectivity index (χ3v) is 6.27. The van der Waals surface area contributed by atoms with E-state index < -0.39 is 0 Å². The van der Waals surface area contributed by atoms with E-state index in [1.807, 2.05) is 31.3 Å². The van der Waals surface area contributed by atoms with E-state index in [0.29, 0.717) is 49.0 Å². The summed E-state index contributed by atoms with van der Waals surface area (Å²) in [4.78, 5) is 31.5. The number of carbonyl (C=O) groups excluding carboxylic acids is 2. The quantitative estimate of drug-likeness (QED) is 0.706. The van der Waals surface area contributed by atoms with E-state index in [4.69, 9.17) is 21.3 Å². The third kappa shape index (κ3) is 4.01. The maximum absolute atomic E-state index is 12.9. The van der Waals surface area contributed by atoms with Gasteiger partial charge < -0.3 is 9.64 Å². The van der Waals surface area contributed by atoms with Crippen LogP contribution in [-0.4, -0.2) is 41.5 Å². The summed E-state index contributed by atoms with van der Waals surface area (Å²) >= 11 is 6.23. The summed E-state index contributed by atoms with van der Waals surface area (Å²) in [6.07, 6.45) is 4.42. The van der Waals surface area contributed by atoms with E-state index in [1.54, 1.807) is 11.0 Å². The predicted molar refractivity (Wildman–Crippen MR) is 112 cm³/mol. The topological polar surface area (TPSA) is 59.5 Å². The second-order valence-electron chi connectivity index (χ2n) is 7.70. The zero-order chi connectivity index (χ0) is 20.4. The number of rotatable bonds is 2. The summed E-state index contributed by atoms with van der Waals surface area (Å²) in [7, 11) is 0. The molecule has 2 aliphatic rings. The van der Waals surface area contributed by atoms with Crippen molar-refractivity contribution in [1.82, 2.24) is 9.88 Å². The number of nitrogens with zero attached hydrogens (tertiary/aromatic N) is 2. The van der Waals surface area contributed by atoms with Crippen molar-refractivity contribution in [3.8, 4) is 0 Å². The van der Waals surface area contributed by atoms with Crippen LogP contribution in [0.5, 0.6) is 0 Å². The van der Waals surface area contributed by atoms with Gasteiger partial charge in [0.25, 0.3) is 0 Å². The highest BCUT2D eigenvalue weighted by atomic mass is 35.5. The number of ether oxygens (including phenoxy) is 1. The number of benzene rings is 1. The molecule has 1 aliphatic heterocycles. The fraction of sp³-hybridized carbons (Fsp3) is 0.435. The number of piperidine rings is 1. The van der Waals surface area contributed by atoms with Gasteiger partial charge in [-0.25, -0.2) is 4.79 Å². The first-order valence-electron chi connectivity index (χ1n) is 10.3. The predicted octanol–water partition coefficient (Wildman–Crippen LogP) is 4.86. The first-order chi connectivity index (χ1) is 14.1. The van der Waals surface area contributed by atoms with Crippen molar-refractivity contribution >= 4 is 23.5 Å². The summed E-state index contributed by atoms with van der Waals surface area (Å²) in [5.41, 5.74) is 3.91. The highest BCUT2D eigenvalue weighted by Gasteiger charge is 2.35. The van der Waals surface area contributed by atoms with Crippen molar-refractivity contribution in [3.05, 3.63) is 63.9 Å². The summed E-state index contributed by atoms with van der Waals surface area (Å²) < 4.78 is 5.15. The van der Waals surface area contributed by atoms with Crippen molar-refractivity contribution in [3.63, 3.8) is 0 Å². The molecule has 152 valence electrons. The smallest absolute Gasteiger partial charge is 0.409 e. The number of ketones is 1. The minimum absolute atomic E-state index is 0.0204. The van der Waals surface area contributed by atoms with Crippen LogP contribution in [0.15, 0.2) is 36.5 Å². The van der Waals surface area contributed by atoms with E-state index in [0.717, 1.165) is 29.7 Å². The summed E-state index contributed by atoms with van der Waals surface area (Å²) in [5, 5.41) is 0.579. The van der Waals surface area contributed by atoms with Crippen LogP contribution in [0.2, 0.25) is 5.02 Å². The van der Waals surface area contributed by atoms with Crippen LogP contribution in [0.1, 0.15) is 59.3 Å². The van der Waals surface area contributed by atoms with E-state index in [9.17, 15) is 9.59 Å². The lowest BCUT2D eigenvalue weighted by molar-refractivity contribution is 0.0898. The first kappa shape index (κ1) is 19.9. The number of amides is 1. The Balaban J connectivity index is 1.71. The van der Waals surface area contributed by atoms with E-state index in [2.05, 4.69) is 6.07 Å². The highest BCUT2D eigenvalue weighted by Crippen LogP contribution is 2.42. The SMILES string of the molecule is CCOC(=O)N1CCC(C2c3ccc(Cl)cc3C(=O)CCc3cccnc32)CC1. The van der Waals surface area contributed by atoms with E-state index >= 15 is 0 Å². The Labute approximate surface area is 176 Å². The number of pyridine rings is 1. The number of halogens is 1. The van der Waals surface area contributed by atoms with Crippen LogP contribution in [0.25, 0.3) is 0 Å². The largest absolute Gasteiger partial charge is 0.450 e. The first-order valence-corrected chi connectivity index (χ1v) is 10.6. The van der Waals surface area contributed by atoms with Gasteiger partial charge in [-0.2, -0.15) is 0 Å². The van der Waals surface area contributed by atoms with Gasteiger partial charge in [0, 0.05) is 42.2 Å². The van der Waals surface area contributed by atoms with Crippen molar-refractivity contribution in [2.24, 2.45) is 5.92 Å². The molecule has 0 N–H and O–H groups in total. The van der Waals surface area contributed by atoms with Gasteiger partial charge in [-0.1, -0.05) is 23.7 Å². The van der Waals surface area contributed by atoms with E-state index in [-0.39, 0.29) is 17.8 Å². The molecule has 0 spiro atoms. The minimum atomic E-state index is -0.246. The lowest BCUT2D eigenvalue weighted by Gasteiger charge is -2.37. The number of fused-ring (bicyclic) bond motifs is 2. The number of carbonyl (C=O) groups is 2. The fourth-order valence-corrected chi connectivity index (χ4v) is 4.79. The highest BCUT2D eigenvalue weighted by molar-refractivity contribution is 6.31.